The average Bonchev–Trinajstić information content (AvgIpc) is 3.90. The van der Waals surface area contributed by atoms with Crippen LogP contribution in [0.2, 0.25) is 0 Å². The number of benzene rings is 1. The van der Waals surface area contributed by atoms with Gasteiger partial charge >= 0.3 is 0 Å². The van der Waals surface area contributed by atoms with Crippen molar-refractivity contribution in [2.45, 2.75) is 136 Å². The predicted molar refractivity (Wildman–Crippen MR) is 209 cm³/mol. The highest BCUT2D eigenvalue weighted by Gasteiger charge is 2.23. The second-order valence-corrected chi connectivity index (χ2v) is 17.1. The van der Waals surface area contributed by atoms with Gasteiger partial charge in [0.05, 0.1) is 38.1 Å². The van der Waals surface area contributed by atoms with Crippen LogP contribution in [0, 0.1) is 11.8 Å². The summed E-state index contributed by atoms with van der Waals surface area (Å²) < 4.78 is 1.29. The minimum Gasteiger partial charge on any atom is -0.264 e. The first kappa shape index (κ1) is 36.8. The topological polar surface area (TPSA) is 51.6 Å². The highest BCUT2D eigenvalue weighted by atomic mass is 32.1. The van der Waals surface area contributed by atoms with E-state index in [1.54, 1.807) is 16.2 Å². The summed E-state index contributed by atoms with van der Waals surface area (Å²) in [6.45, 7) is 13.6. The number of pyridine rings is 1. The Kier molecular flexibility index (Phi) is 14.2. The zero-order valence-corrected chi connectivity index (χ0v) is 32.5. The molecule has 48 heavy (non-hydrogen) atoms. The predicted octanol–water partition coefficient (Wildman–Crippen LogP) is 12.6. The zero-order chi connectivity index (χ0) is 33.9. The summed E-state index contributed by atoms with van der Waals surface area (Å²) in [6.07, 6.45) is 19.8. The standard InChI is InChI=1S/C12H17N.C10H11NS.C10H15NS.C9H13NS/c1-9(2)11-5-3-4-10-6-7-13-8-12(10)11;1-7(2)8-4-3-5-9-10(8)11-6-12-9;1-2-4-8-5-3-6-9-10(8)11-7-12-9;1-2-7-3-4-9-8(5-7)10-6-11-9/h6-9,11H,3-5H2,1-2H3;3-7H,1-2H3;7-8H,2-6H2,1H3;6-7H,2-5H2,1H3/t;;;7-/m...0/s1. The number of thiazole rings is 3. The van der Waals surface area contributed by atoms with Crippen LogP contribution in [-0.2, 0) is 25.7 Å². The molecule has 4 nitrogen and oxygen atoms in total. The molecule has 0 saturated heterocycles. The van der Waals surface area contributed by atoms with E-state index in [4.69, 9.17) is 0 Å². The molecule has 5 aromatic rings. The molecular weight excluding hydrogens is 645 g/mol. The van der Waals surface area contributed by atoms with E-state index >= 15 is 0 Å². The van der Waals surface area contributed by atoms with Crippen LogP contribution in [0.3, 0.4) is 0 Å². The van der Waals surface area contributed by atoms with Gasteiger partial charge < -0.3 is 0 Å². The Bertz CT molecular complexity index is 1660. The highest BCUT2D eigenvalue weighted by Crippen LogP contribution is 2.37. The van der Waals surface area contributed by atoms with E-state index in [0.29, 0.717) is 5.92 Å². The van der Waals surface area contributed by atoms with Gasteiger partial charge in [0.25, 0.3) is 0 Å². The van der Waals surface area contributed by atoms with Crippen LogP contribution >= 0.6 is 34.0 Å². The minimum absolute atomic E-state index is 0.566. The Morgan fingerprint density at radius 2 is 1.60 bits per heavy atom. The third kappa shape index (κ3) is 9.60. The monoisotopic (exact) mass is 700 g/mol. The first-order valence-corrected chi connectivity index (χ1v) is 21.1. The molecule has 3 atom stereocenters. The van der Waals surface area contributed by atoms with E-state index in [2.05, 4.69) is 91.9 Å². The van der Waals surface area contributed by atoms with Crippen LogP contribution in [-0.4, -0.2) is 19.9 Å². The van der Waals surface area contributed by atoms with Crippen LogP contribution < -0.4 is 0 Å². The van der Waals surface area contributed by atoms with Gasteiger partial charge in [0.2, 0.25) is 0 Å². The summed E-state index contributed by atoms with van der Waals surface area (Å²) in [7, 11) is 0. The maximum absolute atomic E-state index is 4.48. The summed E-state index contributed by atoms with van der Waals surface area (Å²) in [5, 5.41) is 0. The molecule has 4 heterocycles. The number of hydrogen-bond donors (Lipinski definition) is 0. The van der Waals surface area contributed by atoms with E-state index in [0.717, 1.165) is 23.7 Å². The lowest BCUT2D eigenvalue weighted by molar-refractivity contribution is 0.432. The molecular formula is C41H56N4S3. The molecule has 7 heteroatoms. The van der Waals surface area contributed by atoms with Gasteiger partial charge in [-0.05, 0) is 117 Å². The van der Waals surface area contributed by atoms with Crippen LogP contribution in [0.15, 0.2) is 53.2 Å². The van der Waals surface area contributed by atoms with Gasteiger partial charge in [-0.1, -0.05) is 66.5 Å². The fraction of sp³-hybridized carbons (Fsp3) is 0.561. The maximum Gasteiger partial charge on any atom is 0.0846 e. The number of fused-ring (bicyclic) bond motifs is 4. The Morgan fingerprint density at radius 1 is 0.812 bits per heavy atom. The minimum atomic E-state index is 0.566. The molecule has 0 bridgehead atoms. The van der Waals surface area contributed by atoms with Crippen molar-refractivity contribution < 1.29 is 0 Å². The van der Waals surface area contributed by atoms with Crippen molar-refractivity contribution in [1.82, 2.24) is 19.9 Å². The van der Waals surface area contributed by atoms with Crippen LogP contribution in [0.4, 0.5) is 0 Å². The molecule has 3 aliphatic rings. The Hall–Kier alpha value is -2.48. The Balaban J connectivity index is 0.000000125. The lowest BCUT2D eigenvalue weighted by atomic mass is 9.78. The SMILES string of the molecule is CC(C)C1CCCc2ccncc21.CC(C)c1cccc2scnc12.CCCC1CCCc2scnc21.CC[C@H]1CCc2scnc2C1. The summed E-state index contributed by atoms with van der Waals surface area (Å²) >= 11 is 5.38. The summed E-state index contributed by atoms with van der Waals surface area (Å²) in [5.41, 5.74) is 14.3. The van der Waals surface area contributed by atoms with Gasteiger partial charge in [-0.2, -0.15) is 0 Å². The number of para-hydroxylation sites is 1. The van der Waals surface area contributed by atoms with Gasteiger partial charge in [-0.15, -0.1) is 34.0 Å². The average molecular weight is 701 g/mol. The Labute approximate surface area is 301 Å². The number of aryl methyl sites for hydroxylation is 3. The van der Waals surface area contributed by atoms with E-state index in [1.165, 1.54) is 120 Å². The van der Waals surface area contributed by atoms with Gasteiger partial charge in [-0.3, -0.25) is 4.98 Å². The smallest absolute Gasteiger partial charge is 0.0846 e. The molecule has 0 radical (unpaired) electrons. The molecule has 258 valence electrons. The molecule has 0 spiro atoms. The first-order chi connectivity index (χ1) is 23.4. The van der Waals surface area contributed by atoms with Gasteiger partial charge in [0.1, 0.15) is 0 Å². The van der Waals surface area contributed by atoms with Crippen molar-refractivity contribution in [2.75, 3.05) is 0 Å². The third-order valence-corrected chi connectivity index (χ3v) is 13.0. The number of hydrogen-bond acceptors (Lipinski definition) is 7. The highest BCUT2D eigenvalue weighted by molar-refractivity contribution is 7.16. The molecule has 3 aliphatic carbocycles. The third-order valence-electron chi connectivity index (χ3n) is 10.3. The lowest BCUT2D eigenvalue weighted by Crippen LogP contribution is -2.14. The second-order valence-electron chi connectivity index (χ2n) is 14.3. The van der Waals surface area contributed by atoms with Gasteiger partial charge in [-0.25, -0.2) is 15.0 Å². The fourth-order valence-corrected chi connectivity index (χ4v) is 9.95. The molecule has 0 fully saturated rings. The molecule has 2 unspecified atom stereocenters. The van der Waals surface area contributed by atoms with Crippen molar-refractivity contribution in [3.63, 3.8) is 0 Å². The largest absolute Gasteiger partial charge is 0.264 e. The summed E-state index contributed by atoms with van der Waals surface area (Å²) in [6, 6.07) is 8.57. The first-order valence-electron chi connectivity index (χ1n) is 18.5. The molecule has 0 saturated carbocycles. The summed E-state index contributed by atoms with van der Waals surface area (Å²) in [5.74, 6) is 3.76. The molecule has 8 rings (SSSR count). The zero-order valence-electron chi connectivity index (χ0n) is 30.1. The molecule has 0 N–H and O–H groups in total. The van der Waals surface area contributed by atoms with Crippen molar-refractivity contribution in [3.05, 3.63) is 91.0 Å². The molecule has 0 aliphatic heterocycles. The van der Waals surface area contributed by atoms with Gasteiger partial charge in [0.15, 0.2) is 0 Å². The summed E-state index contributed by atoms with van der Waals surface area (Å²) in [4.78, 5) is 20.5. The normalized spacial score (nSPS) is 19.5. The van der Waals surface area contributed by atoms with Crippen molar-refractivity contribution in [1.29, 1.82) is 0 Å². The van der Waals surface area contributed by atoms with Crippen LogP contribution in [0.1, 0.15) is 148 Å². The molecule has 0 amide bonds. The quantitative estimate of drug-likeness (QED) is 0.183. The fourth-order valence-electron chi connectivity index (χ4n) is 7.53. The van der Waals surface area contributed by atoms with Crippen molar-refractivity contribution in [2.24, 2.45) is 11.8 Å². The van der Waals surface area contributed by atoms with E-state index in [9.17, 15) is 0 Å². The van der Waals surface area contributed by atoms with E-state index < -0.39 is 0 Å². The van der Waals surface area contributed by atoms with E-state index in [-0.39, 0.29) is 0 Å². The van der Waals surface area contributed by atoms with Crippen molar-refractivity contribution >= 4 is 44.2 Å². The van der Waals surface area contributed by atoms with Crippen molar-refractivity contribution in [3.8, 4) is 0 Å². The number of nitrogens with zero attached hydrogens (tertiary/aromatic N) is 4. The molecule has 1 aromatic carbocycles. The second kappa shape index (κ2) is 18.5. The van der Waals surface area contributed by atoms with Gasteiger partial charge in [0, 0.05) is 28.1 Å². The van der Waals surface area contributed by atoms with E-state index in [1.807, 2.05) is 45.4 Å². The van der Waals surface area contributed by atoms with Crippen LogP contribution in [0.5, 0.6) is 0 Å². The number of rotatable bonds is 5. The number of aromatic nitrogens is 4. The van der Waals surface area contributed by atoms with Crippen LogP contribution in [0.25, 0.3) is 10.2 Å². The Morgan fingerprint density at radius 3 is 2.40 bits per heavy atom. The maximum atomic E-state index is 4.48. The lowest BCUT2D eigenvalue weighted by Gasteiger charge is -2.27. The molecule has 4 aromatic heterocycles.